The molecule has 1 aliphatic heterocycles. The molecule has 0 aromatic heterocycles. The van der Waals surface area contributed by atoms with Gasteiger partial charge in [0.15, 0.2) is 5.54 Å². The number of nitrogens with one attached hydrogen (secondary N) is 3. The highest BCUT2D eigenvalue weighted by Crippen LogP contribution is 2.37. The molecule has 32 heavy (non-hydrogen) atoms. The normalized spacial score (nSPS) is 20.3. The summed E-state index contributed by atoms with van der Waals surface area (Å²) in [5.41, 5.74) is -4.53. The molecular weight excluding hydrogens is 467 g/mol. The van der Waals surface area contributed by atoms with Crippen molar-refractivity contribution in [1.82, 2.24) is 20.9 Å². The molecule has 1 aliphatic rings. The van der Waals surface area contributed by atoms with E-state index in [2.05, 4.69) is 10.6 Å². The Morgan fingerprint density at radius 1 is 0.625 bits per heavy atom. The van der Waals surface area contributed by atoms with Crippen molar-refractivity contribution < 1.29 is 53.9 Å². The van der Waals surface area contributed by atoms with E-state index in [1.807, 2.05) is 5.32 Å². The van der Waals surface area contributed by atoms with Crippen LogP contribution in [0.4, 0.5) is 39.5 Å². The largest absolute Gasteiger partial charge is 0.471 e. The van der Waals surface area contributed by atoms with Crippen LogP contribution in [0.2, 0.25) is 0 Å². The molecule has 16 heteroatoms. The fourth-order valence-electron chi connectivity index (χ4n) is 3.09. The number of hydrogen-bond acceptors (Lipinski definition) is 6. The Hall–Kier alpha value is -1.94. The highest BCUT2D eigenvalue weighted by Gasteiger charge is 2.68. The topological polar surface area (TPSA) is 90.5 Å². The summed E-state index contributed by atoms with van der Waals surface area (Å²) in [5, 5.41) is 7.58. The Morgan fingerprint density at radius 2 is 1.06 bits per heavy atom. The van der Waals surface area contributed by atoms with Gasteiger partial charge in [0.25, 0.3) is 11.6 Å². The predicted octanol–water partition coefficient (Wildman–Crippen LogP) is 0.942. The third kappa shape index (κ3) is 7.03. The van der Waals surface area contributed by atoms with Gasteiger partial charge in [-0.05, 0) is 32.5 Å². The minimum Gasteiger partial charge on any atom is -0.315 e. The molecule has 0 bridgehead atoms. The van der Waals surface area contributed by atoms with Gasteiger partial charge in [0.1, 0.15) is 0 Å². The lowest BCUT2D eigenvalue weighted by Gasteiger charge is -2.42. The highest BCUT2D eigenvalue weighted by atomic mass is 19.4. The van der Waals surface area contributed by atoms with Gasteiger partial charge >= 0.3 is 24.4 Å². The van der Waals surface area contributed by atoms with Crippen LogP contribution in [-0.4, -0.2) is 92.3 Å². The molecule has 0 radical (unpaired) electrons. The third-order valence-electron chi connectivity index (χ3n) is 4.52. The molecule has 0 saturated carbocycles. The van der Waals surface area contributed by atoms with Crippen molar-refractivity contribution in [2.24, 2.45) is 0 Å². The zero-order valence-electron chi connectivity index (χ0n) is 16.4. The minimum absolute atomic E-state index is 0.0870. The molecule has 0 spiro atoms. The number of carbonyl (C=O) groups is 3. The number of ketones is 2. The van der Waals surface area contributed by atoms with Crippen LogP contribution >= 0.6 is 0 Å². The lowest BCUT2D eigenvalue weighted by molar-refractivity contribution is -0.212. The van der Waals surface area contributed by atoms with Crippen molar-refractivity contribution in [1.29, 1.82) is 0 Å². The summed E-state index contributed by atoms with van der Waals surface area (Å²) in [4.78, 5) is 35.3. The first-order chi connectivity index (χ1) is 14.6. The Labute approximate surface area is 176 Å². The van der Waals surface area contributed by atoms with Gasteiger partial charge in [0.2, 0.25) is 0 Å². The number of hydrogen-bond donors (Lipinski definition) is 3. The van der Waals surface area contributed by atoms with Crippen molar-refractivity contribution in [3.05, 3.63) is 0 Å². The number of rotatable bonds is 2. The maximum Gasteiger partial charge on any atom is 0.471 e. The maximum absolute atomic E-state index is 13.3. The van der Waals surface area contributed by atoms with Crippen LogP contribution in [0.5, 0.6) is 0 Å². The van der Waals surface area contributed by atoms with Gasteiger partial charge in [-0.1, -0.05) is 0 Å². The zero-order chi connectivity index (χ0) is 24.8. The summed E-state index contributed by atoms with van der Waals surface area (Å²) >= 11 is 0. The molecule has 1 saturated heterocycles. The fraction of sp³-hybridized carbons (Fsp3) is 0.812. The SMILES string of the molecule is O=C(N1CCCNCCNCCCNCC1(C(=O)C(F)(F)F)C(=O)C(F)(F)F)C(F)(F)F. The van der Waals surface area contributed by atoms with Crippen LogP contribution in [0.15, 0.2) is 0 Å². The van der Waals surface area contributed by atoms with E-state index in [0.29, 0.717) is 6.54 Å². The molecule has 7 nitrogen and oxygen atoms in total. The number of carbonyl (C=O) groups excluding carboxylic acids is 3. The fourth-order valence-corrected chi connectivity index (χ4v) is 3.09. The first-order valence-electron chi connectivity index (χ1n) is 9.30. The van der Waals surface area contributed by atoms with Crippen LogP contribution in [-0.2, 0) is 14.4 Å². The van der Waals surface area contributed by atoms with Crippen LogP contribution in [0.25, 0.3) is 0 Å². The smallest absolute Gasteiger partial charge is 0.315 e. The quantitative estimate of drug-likeness (QED) is 0.396. The zero-order valence-corrected chi connectivity index (χ0v) is 16.4. The first kappa shape index (κ1) is 28.1. The molecule has 0 aromatic rings. The molecule has 1 rings (SSSR count). The van der Waals surface area contributed by atoms with Gasteiger partial charge in [-0.15, -0.1) is 0 Å². The van der Waals surface area contributed by atoms with Crippen molar-refractivity contribution in [2.45, 2.75) is 36.9 Å². The van der Waals surface area contributed by atoms with E-state index in [9.17, 15) is 53.9 Å². The highest BCUT2D eigenvalue weighted by molar-refractivity contribution is 6.18. The van der Waals surface area contributed by atoms with Gasteiger partial charge in [-0.2, -0.15) is 39.5 Å². The summed E-state index contributed by atoms with van der Waals surface area (Å²) in [5.74, 6) is -10.0. The Kier molecular flexibility index (Phi) is 9.47. The molecule has 0 aliphatic carbocycles. The minimum atomic E-state index is -6.15. The Morgan fingerprint density at radius 3 is 1.50 bits per heavy atom. The number of amides is 1. The summed E-state index contributed by atoms with van der Waals surface area (Å²) < 4.78 is 119. The first-order valence-corrected chi connectivity index (χ1v) is 9.30. The molecule has 1 heterocycles. The van der Waals surface area contributed by atoms with E-state index in [1.165, 1.54) is 0 Å². The van der Waals surface area contributed by atoms with Crippen LogP contribution in [0.1, 0.15) is 12.8 Å². The molecule has 1 fully saturated rings. The molecule has 0 aromatic carbocycles. The molecular formula is C16H21F9N4O3. The van der Waals surface area contributed by atoms with Gasteiger partial charge in [-0.25, -0.2) is 0 Å². The van der Waals surface area contributed by atoms with Crippen LogP contribution in [0.3, 0.4) is 0 Å². The average molecular weight is 488 g/mol. The number of alkyl halides is 9. The molecule has 0 atom stereocenters. The molecule has 186 valence electrons. The second kappa shape index (κ2) is 10.8. The summed E-state index contributed by atoms with van der Waals surface area (Å²) in [6, 6.07) is 0. The van der Waals surface area contributed by atoms with E-state index in [-0.39, 0.29) is 32.6 Å². The van der Waals surface area contributed by atoms with E-state index >= 15 is 0 Å². The standard InChI is InChI=1S/C16H21F9N4O3/c17-14(18,19)10(30)13(11(31)15(20,21)22)9-28-4-1-3-26-6-7-27-5-2-8-29(13)12(32)16(23,24)25/h26-28H,1-9H2. The van der Waals surface area contributed by atoms with E-state index in [4.69, 9.17) is 0 Å². The lowest BCUT2D eigenvalue weighted by atomic mass is 9.84. The summed E-state index contributed by atoms with van der Waals surface area (Å²) in [7, 11) is 0. The third-order valence-corrected chi connectivity index (χ3v) is 4.52. The number of nitrogens with zero attached hydrogens (tertiary/aromatic N) is 1. The van der Waals surface area contributed by atoms with Gasteiger partial charge in [0.05, 0.1) is 0 Å². The average Bonchev–Trinajstić information content (AvgIpc) is 2.65. The molecule has 1 amide bonds. The second-order valence-corrected chi connectivity index (χ2v) is 6.85. The van der Waals surface area contributed by atoms with E-state index in [0.717, 1.165) is 0 Å². The summed E-state index contributed by atoms with van der Waals surface area (Å²) in [6.07, 6.45) is -18.7. The second-order valence-electron chi connectivity index (χ2n) is 6.85. The van der Waals surface area contributed by atoms with Crippen molar-refractivity contribution in [3.63, 3.8) is 0 Å². The van der Waals surface area contributed by atoms with Gasteiger partial charge < -0.3 is 20.9 Å². The van der Waals surface area contributed by atoms with E-state index in [1.54, 1.807) is 0 Å². The Bertz CT molecular complexity index is 651. The Balaban J connectivity index is 3.69. The number of halogens is 9. The molecule has 3 N–H and O–H groups in total. The monoisotopic (exact) mass is 488 g/mol. The predicted molar refractivity (Wildman–Crippen MR) is 90.5 cm³/mol. The molecule has 0 unspecified atom stereocenters. The maximum atomic E-state index is 13.3. The number of Topliss-reactive ketones (excluding diaryl/α,β-unsaturated/α-hetero) is 2. The van der Waals surface area contributed by atoms with Crippen molar-refractivity contribution >= 4 is 17.5 Å². The van der Waals surface area contributed by atoms with Crippen molar-refractivity contribution in [3.8, 4) is 0 Å². The van der Waals surface area contributed by atoms with Crippen LogP contribution in [0, 0.1) is 0 Å². The van der Waals surface area contributed by atoms with E-state index < -0.39 is 66.0 Å². The van der Waals surface area contributed by atoms with Crippen molar-refractivity contribution in [2.75, 3.05) is 45.8 Å². The summed E-state index contributed by atoms with van der Waals surface area (Å²) in [6.45, 7) is -2.85. The van der Waals surface area contributed by atoms with Gasteiger partial charge in [0, 0.05) is 26.2 Å². The van der Waals surface area contributed by atoms with Gasteiger partial charge in [-0.3, -0.25) is 14.4 Å². The lowest BCUT2D eigenvalue weighted by Crippen LogP contribution is -2.73. The van der Waals surface area contributed by atoms with Crippen LogP contribution < -0.4 is 16.0 Å².